The van der Waals surface area contributed by atoms with E-state index in [-0.39, 0.29) is 12.3 Å². The first kappa shape index (κ1) is 19.3. The number of methoxy groups -OCH3 is 1. The minimum Gasteiger partial charge on any atom is -0.492 e. The standard InChI is InChI=1S/C18H17BrClNO4/c1-24-18(23)13-5-2-3-6-15(13)21-17(22)7-4-10-25-16-9-8-12(19)11-14(16)20/h2-3,5-6,8-9,11H,4,7,10H2,1H3,(H,21,22). The molecule has 2 rings (SSSR count). The van der Waals surface area contributed by atoms with E-state index in [4.69, 9.17) is 21.1 Å². The molecule has 0 heterocycles. The zero-order valence-corrected chi connectivity index (χ0v) is 15.9. The summed E-state index contributed by atoms with van der Waals surface area (Å²) in [6.45, 7) is 0.355. The largest absolute Gasteiger partial charge is 0.492 e. The van der Waals surface area contributed by atoms with E-state index in [1.54, 1.807) is 36.4 Å². The molecule has 0 atom stereocenters. The number of carbonyl (C=O) groups is 2. The molecule has 0 unspecified atom stereocenters. The fourth-order valence-corrected chi connectivity index (χ4v) is 2.83. The van der Waals surface area contributed by atoms with Gasteiger partial charge in [-0.2, -0.15) is 0 Å². The van der Waals surface area contributed by atoms with Gasteiger partial charge in [0.2, 0.25) is 5.91 Å². The lowest BCUT2D eigenvalue weighted by Crippen LogP contribution is -2.15. The molecule has 132 valence electrons. The lowest BCUT2D eigenvalue weighted by molar-refractivity contribution is -0.116. The van der Waals surface area contributed by atoms with Crippen molar-refractivity contribution < 1.29 is 19.1 Å². The first-order valence-corrected chi connectivity index (χ1v) is 8.73. The highest BCUT2D eigenvalue weighted by molar-refractivity contribution is 9.10. The summed E-state index contributed by atoms with van der Waals surface area (Å²) >= 11 is 9.39. The van der Waals surface area contributed by atoms with Crippen LogP contribution in [0.3, 0.4) is 0 Å². The second-order valence-corrected chi connectivity index (χ2v) is 6.43. The smallest absolute Gasteiger partial charge is 0.339 e. The molecule has 0 saturated carbocycles. The zero-order chi connectivity index (χ0) is 18.2. The van der Waals surface area contributed by atoms with Gasteiger partial charge in [-0.05, 0) is 36.8 Å². The second-order valence-electron chi connectivity index (χ2n) is 5.11. The highest BCUT2D eigenvalue weighted by Crippen LogP contribution is 2.27. The minimum absolute atomic E-state index is 0.207. The average Bonchev–Trinajstić information content (AvgIpc) is 2.60. The zero-order valence-electron chi connectivity index (χ0n) is 13.6. The molecule has 0 spiro atoms. The van der Waals surface area contributed by atoms with E-state index in [2.05, 4.69) is 21.2 Å². The highest BCUT2D eigenvalue weighted by Gasteiger charge is 2.13. The van der Waals surface area contributed by atoms with Gasteiger partial charge in [-0.3, -0.25) is 4.79 Å². The minimum atomic E-state index is -0.496. The predicted octanol–water partition coefficient (Wildman–Crippen LogP) is 4.69. The number of ether oxygens (including phenoxy) is 2. The van der Waals surface area contributed by atoms with Crippen LogP contribution < -0.4 is 10.1 Å². The van der Waals surface area contributed by atoms with E-state index in [0.717, 1.165) is 4.47 Å². The number of amides is 1. The second kappa shape index (κ2) is 9.44. The van der Waals surface area contributed by atoms with Gasteiger partial charge in [0.05, 0.1) is 30.0 Å². The van der Waals surface area contributed by atoms with E-state index in [0.29, 0.717) is 35.1 Å². The number of benzene rings is 2. The lowest BCUT2D eigenvalue weighted by atomic mass is 10.1. The van der Waals surface area contributed by atoms with Crippen LogP contribution in [0.4, 0.5) is 5.69 Å². The Hall–Kier alpha value is -2.05. The summed E-state index contributed by atoms with van der Waals surface area (Å²) < 4.78 is 11.1. The van der Waals surface area contributed by atoms with Crippen molar-refractivity contribution in [2.45, 2.75) is 12.8 Å². The number of para-hydroxylation sites is 1. The molecular formula is C18H17BrClNO4. The van der Waals surface area contributed by atoms with Crippen molar-refractivity contribution in [1.82, 2.24) is 0 Å². The molecule has 0 aromatic heterocycles. The van der Waals surface area contributed by atoms with Crippen molar-refractivity contribution in [1.29, 1.82) is 0 Å². The van der Waals surface area contributed by atoms with Gasteiger partial charge in [0.15, 0.2) is 0 Å². The molecular weight excluding hydrogens is 410 g/mol. The Morgan fingerprint density at radius 1 is 1.20 bits per heavy atom. The van der Waals surface area contributed by atoms with Crippen LogP contribution >= 0.6 is 27.5 Å². The molecule has 7 heteroatoms. The van der Waals surface area contributed by atoms with Crippen molar-refractivity contribution in [2.24, 2.45) is 0 Å². The van der Waals surface area contributed by atoms with Crippen LogP contribution in [0.5, 0.6) is 5.75 Å². The van der Waals surface area contributed by atoms with E-state index in [9.17, 15) is 9.59 Å². The van der Waals surface area contributed by atoms with Crippen LogP contribution in [0, 0.1) is 0 Å². The van der Waals surface area contributed by atoms with Gasteiger partial charge in [-0.1, -0.05) is 39.7 Å². The van der Waals surface area contributed by atoms with E-state index < -0.39 is 5.97 Å². The Balaban J connectivity index is 1.82. The fraction of sp³-hybridized carbons (Fsp3) is 0.222. The summed E-state index contributed by atoms with van der Waals surface area (Å²) in [6.07, 6.45) is 0.766. The van der Waals surface area contributed by atoms with Gasteiger partial charge >= 0.3 is 5.97 Å². The number of halogens is 2. The van der Waals surface area contributed by atoms with Crippen LogP contribution in [-0.2, 0) is 9.53 Å². The summed E-state index contributed by atoms with van der Waals surface area (Å²) in [5.74, 6) is -0.132. The van der Waals surface area contributed by atoms with Crippen LogP contribution in [0.1, 0.15) is 23.2 Å². The van der Waals surface area contributed by atoms with Crippen molar-refractivity contribution in [2.75, 3.05) is 19.0 Å². The van der Waals surface area contributed by atoms with E-state index >= 15 is 0 Å². The van der Waals surface area contributed by atoms with Crippen LogP contribution in [-0.4, -0.2) is 25.6 Å². The molecule has 0 fully saturated rings. The van der Waals surface area contributed by atoms with Gasteiger partial charge in [-0.25, -0.2) is 4.79 Å². The summed E-state index contributed by atoms with van der Waals surface area (Å²) in [4.78, 5) is 23.7. The number of rotatable bonds is 7. The number of nitrogens with one attached hydrogen (secondary N) is 1. The van der Waals surface area contributed by atoms with Gasteiger partial charge in [0.25, 0.3) is 0 Å². The maximum Gasteiger partial charge on any atom is 0.339 e. The topological polar surface area (TPSA) is 64.6 Å². The van der Waals surface area contributed by atoms with Gasteiger partial charge in [0.1, 0.15) is 5.75 Å². The lowest BCUT2D eigenvalue weighted by Gasteiger charge is -2.10. The van der Waals surface area contributed by atoms with Crippen molar-refractivity contribution in [3.8, 4) is 5.75 Å². The monoisotopic (exact) mass is 425 g/mol. The molecule has 1 N–H and O–H groups in total. The highest BCUT2D eigenvalue weighted by atomic mass is 79.9. The third-order valence-corrected chi connectivity index (χ3v) is 4.09. The number of carbonyl (C=O) groups excluding carboxylic acids is 2. The third kappa shape index (κ3) is 5.76. The summed E-state index contributed by atoms with van der Waals surface area (Å²) in [7, 11) is 1.30. The van der Waals surface area contributed by atoms with Crippen molar-refractivity contribution in [3.63, 3.8) is 0 Å². The summed E-state index contributed by atoms with van der Waals surface area (Å²) in [5, 5.41) is 3.22. The molecule has 2 aromatic rings. The normalized spacial score (nSPS) is 10.2. The molecule has 0 aliphatic rings. The quantitative estimate of drug-likeness (QED) is 0.515. The van der Waals surface area contributed by atoms with E-state index in [1.807, 2.05) is 6.07 Å². The molecule has 5 nitrogen and oxygen atoms in total. The predicted molar refractivity (Wildman–Crippen MR) is 100 cm³/mol. The summed E-state index contributed by atoms with van der Waals surface area (Å²) in [6, 6.07) is 12.0. The summed E-state index contributed by atoms with van der Waals surface area (Å²) in [5.41, 5.74) is 0.743. The number of hydrogen-bond acceptors (Lipinski definition) is 4. The Kier molecular flexibility index (Phi) is 7.28. The van der Waals surface area contributed by atoms with Crippen LogP contribution in [0.25, 0.3) is 0 Å². The fourth-order valence-electron chi connectivity index (χ4n) is 2.10. The Labute approximate surface area is 159 Å². The molecule has 0 aliphatic carbocycles. The SMILES string of the molecule is COC(=O)c1ccccc1NC(=O)CCCOc1ccc(Br)cc1Cl. The van der Waals surface area contributed by atoms with Crippen molar-refractivity contribution >= 4 is 45.1 Å². The van der Waals surface area contributed by atoms with Crippen molar-refractivity contribution in [3.05, 3.63) is 57.5 Å². The molecule has 0 bridgehead atoms. The van der Waals surface area contributed by atoms with E-state index in [1.165, 1.54) is 7.11 Å². The van der Waals surface area contributed by atoms with Gasteiger partial charge in [0, 0.05) is 10.9 Å². The molecule has 0 saturated heterocycles. The van der Waals surface area contributed by atoms with Crippen LogP contribution in [0.2, 0.25) is 5.02 Å². The Morgan fingerprint density at radius 3 is 2.68 bits per heavy atom. The maximum atomic E-state index is 12.0. The molecule has 25 heavy (non-hydrogen) atoms. The Morgan fingerprint density at radius 2 is 1.96 bits per heavy atom. The number of anilines is 1. The molecule has 0 radical (unpaired) electrons. The number of esters is 1. The van der Waals surface area contributed by atoms with Crippen LogP contribution in [0.15, 0.2) is 46.9 Å². The molecule has 1 amide bonds. The Bertz CT molecular complexity index is 766. The maximum absolute atomic E-state index is 12.0. The molecule has 0 aliphatic heterocycles. The first-order valence-electron chi connectivity index (χ1n) is 7.56. The third-order valence-electron chi connectivity index (χ3n) is 3.31. The van der Waals surface area contributed by atoms with Gasteiger partial charge < -0.3 is 14.8 Å². The number of hydrogen-bond donors (Lipinski definition) is 1. The first-order chi connectivity index (χ1) is 12.0. The average molecular weight is 427 g/mol. The molecule has 2 aromatic carbocycles. The van der Waals surface area contributed by atoms with Gasteiger partial charge in [-0.15, -0.1) is 0 Å².